The molecule has 138 valence electrons. The van der Waals surface area contributed by atoms with Gasteiger partial charge in [-0.2, -0.15) is 0 Å². The maximum atomic E-state index is 12.4. The van der Waals surface area contributed by atoms with Crippen molar-refractivity contribution in [2.75, 3.05) is 13.7 Å². The zero-order valence-corrected chi connectivity index (χ0v) is 14.8. The van der Waals surface area contributed by atoms with Crippen LogP contribution in [-0.2, 0) is 16.0 Å². The molecule has 3 N–H and O–H groups in total. The lowest BCUT2D eigenvalue weighted by molar-refractivity contribution is -0.137. The first kappa shape index (κ1) is 19.2. The van der Waals surface area contributed by atoms with Gasteiger partial charge in [-0.25, -0.2) is 4.79 Å². The Hall–Kier alpha value is -2.08. The molecule has 1 fully saturated rings. The second-order valence-corrected chi connectivity index (χ2v) is 6.79. The minimum Gasteiger partial charge on any atom is -0.481 e. The molecular formula is C19H28N2O4. The summed E-state index contributed by atoms with van der Waals surface area (Å²) < 4.78 is 5.14. The fourth-order valence-corrected chi connectivity index (χ4v) is 3.22. The Morgan fingerprint density at radius 1 is 1.28 bits per heavy atom. The summed E-state index contributed by atoms with van der Waals surface area (Å²) in [5.74, 6) is -0.851. The predicted octanol–water partition coefficient (Wildman–Crippen LogP) is 2.72. The van der Waals surface area contributed by atoms with Gasteiger partial charge in [0.25, 0.3) is 0 Å². The van der Waals surface area contributed by atoms with Crippen LogP contribution in [0.5, 0.6) is 0 Å². The molecule has 1 unspecified atom stereocenters. The molecule has 1 aromatic carbocycles. The lowest BCUT2D eigenvalue weighted by atomic mass is 9.74. The number of carboxylic acid groups (broad SMARTS) is 1. The lowest BCUT2D eigenvalue weighted by Gasteiger charge is -2.42. The maximum absolute atomic E-state index is 12.4. The molecule has 0 saturated heterocycles. The molecule has 0 spiro atoms. The fourth-order valence-electron chi connectivity index (χ4n) is 3.22. The summed E-state index contributed by atoms with van der Waals surface area (Å²) in [5, 5.41) is 15.0. The number of aliphatic carboxylic acids is 1. The van der Waals surface area contributed by atoms with Crippen LogP contribution in [0, 0.1) is 0 Å². The van der Waals surface area contributed by atoms with Crippen molar-refractivity contribution < 1.29 is 19.4 Å². The molecule has 0 bridgehead atoms. The topological polar surface area (TPSA) is 87.7 Å². The third-order valence-electron chi connectivity index (χ3n) is 4.84. The second-order valence-electron chi connectivity index (χ2n) is 6.79. The van der Waals surface area contributed by atoms with Gasteiger partial charge in [-0.15, -0.1) is 0 Å². The van der Waals surface area contributed by atoms with Gasteiger partial charge >= 0.3 is 12.0 Å². The summed E-state index contributed by atoms with van der Waals surface area (Å²) in [6, 6.07) is 9.36. The third kappa shape index (κ3) is 6.38. The molecular weight excluding hydrogens is 320 g/mol. The first-order chi connectivity index (χ1) is 12.0. The van der Waals surface area contributed by atoms with E-state index in [1.165, 1.54) is 0 Å². The molecule has 1 saturated carbocycles. The van der Waals surface area contributed by atoms with Crippen LogP contribution < -0.4 is 10.6 Å². The van der Waals surface area contributed by atoms with E-state index in [9.17, 15) is 9.59 Å². The number of methoxy groups -OCH3 is 1. The normalized spacial score (nSPS) is 16.5. The zero-order valence-electron chi connectivity index (χ0n) is 14.8. The summed E-state index contributed by atoms with van der Waals surface area (Å²) >= 11 is 0. The molecule has 0 aliphatic heterocycles. The van der Waals surface area contributed by atoms with Gasteiger partial charge in [0.05, 0.1) is 0 Å². The van der Waals surface area contributed by atoms with E-state index in [1.807, 2.05) is 30.3 Å². The van der Waals surface area contributed by atoms with Crippen molar-refractivity contribution in [3.05, 3.63) is 35.9 Å². The van der Waals surface area contributed by atoms with E-state index in [4.69, 9.17) is 9.84 Å². The second kappa shape index (κ2) is 9.42. The Morgan fingerprint density at radius 3 is 2.56 bits per heavy atom. The Labute approximate surface area is 149 Å². The molecule has 2 rings (SSSR count). The molecule has 0 heterocycles. The van der Waals surface area contributed by atoms with E-state index in [2.05, 4.69) is 10.6 Å². The number of hydrogen-bond acceptors (Lipinski definition) is 3. The summed E-state index contributed by atoms with van der Waals surface area (Å²) in [5.41, 5.74) is 0.903. The van der Waals surface area contributed by atoms with Gasteiger partial charge in [0.1, 0.15) is 0 Å². The standard InChI is InChI=1S/C19H28N2O4/c1-25-13-12-19(10-5-11-19)21-18(24)20-16(8-9-17(22)23)14-15-6-3-2-4-7-15/h2-4,6-7,16H,5,8-14H2,1H3,(H,22,23)(H2,20,21,24). The van der Waals surface area contributed by atoms with E-state index >= 15 is 0 Å². The molecule has 6 nitrogen and oxygen atoms in total. The smallest absolute Gasteiger partial charge is 0.315 e. The van der Waals surface area contributed by atoms with Crippen molar-refractivity contribution in [2.45, 2.75) is 56.5 Å². The Bertz CT molecular complexity index is 558. The SMILES string of the molecule is COCCC1(NC(=O)NC(CCC(=O)O)Cc2ccccc2)CCC1. The Kier molecular flexibility index (Phi) is 7.25. The van der Waals surface area contributed by atoms with E-state index in [-0.39, 0.29) is 24.0 Å². The van der Waals surface area contributed by atoms with Gasteiger partial charge in [-0.1, -0.05) is 30.3 Å². The van der Waals surface area contributed by atoms with Crippen LogP contribution in [0.4, 0.5) is 4.79 Å². The summed E-state index contributed by atoms with van der Waals surface area (Å²) in [7, 11) is 1.66. The highest BCUT2D eigenvalue weighted by Crippen LogP contribution is 2.34. The molecule has 25 heavy (non-hydrogen) atoms. The van der Waals surface area contributed by atoms with Crippen LogP contribution >= 0.6 is 0 Å². The molecule has 1 aliphatic carbocycles. The molecule has 1 aromatic rings. The number of carboxylic acids is 1. The number of carbonyl (C=O) groups is 2. The number of nitrogens with one attached hydrogen (secondary N) is 2. The highest BCUT2D eigenvalue weighted by Gasteiger charge is 2.38. The summed E-state index contributed by atoms with van der Waals surface area (Å²) in [6.45, 7) is 0.618. The average molecular weight is 348 g/mol. The van der Waals surface area contributed by atoms with Crippen molar-refractivity contribution >= 4 is 12.0 Å². The molecule has 0 aromatic heterocycles. The predicted molar refractivity (Wildman–Crippen MR) is 95.5 cm³/mol. The molecule has 1 aliphatic rings. The van der Waals surface area contributed by atoms with Crippen LogP contribution in [0.2, 0.25) is 0 Å². The van der Waals surface area contributed by atoms with Crippen molar-refractivity contribution in [1.29, 1.82) is 0 Å². The quantitative estimate of drug-likeness (QED) is 0.607. The van der Waals surface area contributed by atoms with Gasteiger partial charge in [-0.05, 0) is 44.1 Å². The largest absolute Gasteiger partial charge is 0.481 e. The molecule has 6 heteroatoms. The number of ether oxygens (including phenoxy) is 1. The van der Waals surface area contributed by atoms with Gasteiger partial charge in [0, 0.05) is 31.7 Å². The maximum Gasteiger partial charge on any atom is 0.315 e. The van der Waals surface area contributed by atoms with Crippen LogP contribution in [0.25, 0.3) is 0 Å². The number of amides is 2. The third-order valence-corrected chi connectivity index (χ3v) is 4.84. The van der Waals surface area contributed by atoms with Gasteiger partial charge in [0.15, 0.2) is 0 Å². The van der Waals surface area contributed by atoms with E-state index < -0.39 is 5.97 Å². The van der Waals surface area contributed by atoms with Gasteiger partial charge < -0.3 is 20.5 Å². The Balaban J connectivity index is 1.92. The molecule has 0 radical (unpaired) electrons. The molecule has 1 atom stereocenters. The summed E-state index contributed by atoms with van der Waals surface area (Å²) in [4.78, 5) is 23.4. The first-order valence-electron chi connectivity index (χ1n) is 8.86. The zero-order chi connectivity index (χ0) is 18.1. The number of urea groups is 1. The minimum absolute atomic E-state index is 0.0343. The highest BCUT2D eigenvalue weighted by molar-refractivity contribution is 5.75. The van der Waals surface area contributed by atoms with Crippen molar-refractivity contribution in [3.63, 3.8) is 0 Å². The van der Waals surface area contributed by atoms with Crippen molar-refractivity contribution in [1.82, 2.24) is 10.6 Å². The monoisotopic (exact) mass is 348 g/mol. The minimum atomic E-state index is -0.851. The van der Waals surface area contributed by atoms with Crippen LogP contribution in [0.3, 0.4) is 0 Å². The fraction of sp³-hybridized carbons (Fsp3) is 0.579. The number of benzene rings is 1. The van der Waals surface area contributed by atoms with Crippen molar-refractivity contribution in [3.8, 4) is 0 Å². The van der Waals surface area contributed by atoms with Gasteiger partial charge in [-0.3, -0.25) is 4.79 Å². The van der Waals surface area contributed by atoms with Crippen molar-refractivity contribution in [2.24, 2.45) is 0 Å². The Morgan fingerprint density at radius 2 is 2.00 bits per heavy atom. The van der Waals surface area contributed by atoms with E-state index in [1.54, 1.807) is 7.11 Å². The first-order valence-corrected chi connectivity index (χ1v) is 8.86. The molecule has 2 amide bonds. The van der Waals surface area contributed by atoms with Crippen LogP contribution in [-0.4, -0.2) is 42.4 Å². The highest BCUT2D eigenvalue weighted by atomic mass is 16.5. The average Bonchev–Trinajstić information content (AvgIpc) is 2.56. The lowest BCUT2D eigenvalue weighted by Crippen LogP contribution is -2.58. The number of carbonyl (C=O) groups excluding carboxylic acids is 1. The van der Waals surface area contributed by atoms with Crippen LogP contribution in [0.15, 0.2) is 30.3 Å². The summed E-state index contributed by atoms with van der Waals surface area (Å²) in [6.07, 6.45) is 4.89. The number of rotatable bonds is 10. The van der Waals surface area contributed by atoms with Crippen LogP contribution in [0.1, 0.15) is 44.1 Å². The van der Waals surface area contributed by atoms with Gasteiger partial charge in [0.2, 0.25) is 0 Å². The van der Waals surface area contributed by atoms with E-state index in [0.717, 1.165) is 31.2 Å². The van der Waals surface area contributed by atoms with E-state index in [0.29, 0.717) is 19.4 Å². The number of hydrogen-bond donors (Lipinski definition) is 3.